The molecule has 1 unspecified atom stereocenters. The number of hydrogen-bond donors (Lipinski definition) is 2. The van der Waals surface area contributed by atoms with Gasteiger partial charge in [-0.05, 0) is 38.1 Å². The van der Waals surface area contributed by atoms with E-state index >= 15 is 0 Å². The lowest BCUT2D eigenvalue weighted by molar-refractivity contribution is 0.0971. The summed E-state index contributed by atoms with van der Waals surface area (Å²) in [4.78, 5) is 9.30. The number of nitrogens with one attached hydrogen (secondary N) is 2. The number of hydrogen-bond acceptors (Lipinski definition) is 4. The van der Waals surface area contributed by atoms with E-state index in [0.717, 1.165) is 54.0 Å². The molecule has 1 aliphatic heterocycles. The number of aliphatic imine (C=N–C) groups is 1. The van der Waals surface area contributed by atoms with Gasteiger partial charge in [0, 0.05) is 19.6 Å². The lowest BCUT2D eigenvalue weighted by atomic mass is 10.2. The predicted octanol–water partition coefficient (Wildman–Crippen LogP) is 2.74. The van der Waals surface area contributed by atoms with E-state index < -0.39 is 0 Å². The molecule has 1 aliphatic rings. The average molecular weight is 393 g/mol. The molecular formula is C22H27N5O2. The first-order valence-electron chi connectivity index (χ1n) is 10.1. The van der Waals surface area contributed by atoms with Crippen molar-refractivity contribution in [1.29, 1.82) is 0 Å². The Balaban J connectivity index is 1.35. The molecule has 0 fully saturated rings. The molecule has 2 aromatic carbocycles. The van der Waals surface area contributed by atoms with Gasteiger partial charge in [0.15, 0.2) is 23.6 Å². The summed E-state index contributed by atoms with van der Waals surface area (Å²) in [6.07, 6.45) is -0.0970. The molecule has 7 nitrogen and oxygen atoms in total. The van der Waals surface area contributed by atoms with E-state index in [0.29, 0.717) is 13.2 Å². The number of rotatable bonds is 6. The van der Waals surface area contributed by atoms with Crippen molar-refractivity contribution in [3.8, 4) is 11.5 Å². The van der Waals surface area contributed by atoms with Crippen LogP contribution in [0.5, 0.6) is 11.5 Å². The lowest BCUT2D eigenvalue weighted by Gasteiger charge is -2.25. The van der Waals surface area contributed by atoms with Crippen molar-refractivity contribution in [2.75, 3.05) is 26.2 Å². The summed E-state index contributed by atoms with van der Waals surface area (Å²) in [6.45, 7) is 7.48. The summed E-state index contributed by atoms with van der Waals surface area (Å²) in [5, 5.41) is 6.69. The highest BCUT2D eigenvalue weighted by molar-refractivity contribution is 5.80. The van der Waals surface area contributed by atoms with E-state index in [1.165, 1.54) is 0 Å². The van der Waals surface area contributed by atoms with Gasteiger partial charge >= 0.3 is 0 Å². The van der Waals surface area contributed by atoms with Crippen LogP contribution < -0.4 is 20.1 Å². The van der Waals surface area contributed by atoms with Crippen molar-refractivity contribution < 1.29 is 9.47 Å². The van der Waals surface area contributed by atoms with Crippen LogP contribution >= 0.6 is 0 Å². The molecule has 4 rings (SSSR count). The first kappa shape index (κ1) is 19.1. The van der Waals surface area contributed by atoms with Crippen molar-refractivity contribution in [2.45, 2.75) is 26.5 Å². The molecular weight excluding hydrogens is 366 g/mol. The summed E-state index contributed by atoms with van der Waals surface area (Å²) < 4.78 is 14.0. The number of aryl methyl sites for hydroxylation is 1. The highest BCUT2D eigenvalue weighted by Gasteiger charge is 2.20. The second kappa shape index (κ2) is 8.86. The minimum Gasteiger partial charge on any atom is -0.486 e. The zero-order valence-corrected chi connectivity index (χ0v) is 16.9. The molecule has 0 radical (unpaired) electrons. The van der Waals surface area contributed by atoms with Crippen LogP contribution in [0.25, 0.3) is 11.0 Å². The zero-order chi connectivity index (χ0) is 20.1. The molecule has 0 aliphatic carbocycles. The van der Waals surface area contributed by atoms with E-state index in [1.54, 1.807) is 0 Å². The molecule has 0 saturated carbocycles. The van der Waals surface area contributed by atoms with Gasteiger partial charge in [-0.25, -0.2) is 9.98 Å². The summed E-state index contributed by atoms with van der Waals surface area (Å²) in [7, 11) is 0. The van der Waals surface area contributed by atoms with Crippen LogP contribution in [0.2, 0.25) is 0 Å². The number of benzene rings is 2. The van der Waals surface area contributed by atoms with Gasteiger partial charge < -0.3 is 24.7 Å². The number of imidazole rings is 1. The first-order valence-corrected chi connectivity index (χ1v) is 10.1. The third kappa shape index (κ3) is 4.45. The molecule has 0 amide bonds. The molecule has 0 bridgehead atoms. The highest BCUT2D eigenvalue weighted by Crippen LogP contribution is 2.30. The minimum atomic E-state index is -0.0970. The highest BCUT2D eigenvalue weighted by atomic mass is 16.6. The van der Waals surface area contributed by atoms with Crippen molar-refractivity contribution in [3.05, 3.63) is 54.4 Å². The predicted molar refractivity (Wildman–Crippen MR) is 115 cm³/mol. The number of fused-ring (bicyclic) bond motifs is 2. The van der Waals surface area contributed by atoms with Crippen molar-refractivity contribution in [1.82, 2.24) is 20.2 Å². The van der Waals surface area contributed by atoms with Crippen LogP contribution in [0.4, 0.5) is 0 Å². The Kier molecular flexibility index (Phi) is 5.84. The van der Waals surface area contributed by atoms with Crippen molar-refractivity contribution >= 4 is 17.0 Å². The van der Waals surface area contributed by atoms with Gasteiger partial charge in [0.25, 0.3) is 0 Å². The maximum atomic E-state index is 5.99. The summed E-state index contributed by atoms with van der Waals surface area (Å²) >= 11 is 0. The number of guanidine groups is 1. The van der Waals surface area contributed by atoms with E-state index in [2.05, 4.69) is 38.2 Å². The number of ether oxygens (including phenoxy) is 2. The van der Waals surface area contributed by atoms with Gasteiger partial charge in [-0.2, -0.15) is 0 Å². The SMILES string of the molecule is CCNC(=NCC1COc2ccccc2O1)NCCn1c(C)nc2ccccc21. The number of aromatic nitrogens is 2. The lowest BCUT2D eigenvalue weighted by Crippen LogP contribution is -2.40. The molecule has 0 saturated heterocycles. The largest absolute Gasteiger partial charge is 0.486 e. The summed E-state index contributed by atoms with van der Waals surface area (Å²) in [5.74, 6) is 3.36. The van der Waals surface area contributed by atoms with Gasteiger partial charge in [-0.15, -0.1) is 0 Å². The average Bonchev–Trinajstić information content (AvgIpc) is 3.07. The van der Waals surface area contributed by atoms with Crippen LogP contribution in [0.15, 0.2) is 53.5 Å². The van der Waals surface area contributed by atoms with E-state index in [9.17, 15) is 0 Å². The second-order valence-corrected chi connectivity index (χ2v) is 6.94. The number of para-hydroxylation sites is 4. The molecule has 152 valence electrons. The fourth-order valence-corrected chi connectivity index (χ4v) is 3.45. The zero-order valence-electron chi connectivity index (χ0n) is 16.9. The standard InChI is InChI=1S/C22H27N5O2/c1-3-23-22(25-14-17-15-28-20-10-6-7-11-21(20)29-17)24-12-13-27-16(2)26-18-8-4-5-9-19(18)27/h4-11,17H,3,12-15H2,1-2H3,(H2,23,24,25). The Morgan fingerprint density at radius 3 is 2.79 bits per heavy atom. The monoisotopic (exact) mass is 393 g/mol. The minimum absolute atomic E-state index is 0.0970. The maximum absolute atomic E-state index is 5.99. The normalized spacial score (nSPS) is 16.1. The van der Waals surface area contributed by atoms with Gasteiger partial charge in [-0.3, -0.25) is 0 Å². The fourth-order valence-electron chi connectivity index (χ4n) is 3.45. The molecule has 1 aromatic heterocycles. The van der Waals surface area contributed by atoms with Gasteiger partial charge in [0.05, 0.1) is 17.6 Å². The topological polar surface area (TPSA) is 72.7 Å². The third-order valence-corrected chi connectivity index (χ3v) is 4.84. The van der Waals surface area contributed by atoms with Crippen LogP contribution in [-0.2, 0) is 6.54 Å². The van der Waals surface area contributed by atoms with E-state index in [4.69, 9.17) is 9.47 Å². The quantitative estimate of drug-likeness (QED) is 0.498. The molecule has 3 aromatic rings. The van der Waals surface area contributed by atoms with Crippen LogP contribution in [-0.4, -0.2) is 47.9 Å². The summed E-state index contributed by atoms with van der Waals surface area (Å²) in [6, 6.07) is 15.9. The van der Waals surface area contributed by atoms with Crippen molar-refractivity contribution in [2.24, 2.45) is 4.99 Å². The molecule has 7 heteroatoms. The van der Waals surface area contributed by atoms with Crippen LogP contribution in [0.3, 0.4) is 0 Å². The Morgan fingerprint density at radius 1 is 1.14 bits per heavy atom. The van der Waals surface area contributed by atoms with E-state index in [-0.39, 0.29) is 6.10 Å². The van der Waals surface area contributed by atoms with E-state index in [1.807, 2.05) is 49.4 Å². The second-order valence-electron chi connectivity index (χ2n) is 6.94. The molecule has 1 atom stereocenters. The molecule has 2 heterocycles. The number of nitrogens with zero attached hydrogens (tertiary/aromatic N) is 3. The maximum Gasteiger partial charge on any atom is 0.191 e. The third-order valence-electron chi connectivity index (χ3n) is 4.84. The molecule has 0 spiro atoms. The van der Waals surface area contributed by atoms with Crippen LogP contribution in [0.1, 0.15) is 12.7 Å². The van der Waals surface area contributed by atoms with Gasteiger partial charge in [0.1, 0.15) is 12.4 Å². The van der Waals surface area contributed by atoms with Crippen LogP contribution in [0, 0.1) is 6.92 Å². The Bertz CT molecular complexity index is 998. The van der Waals surface area contributed by atoms with Crippen molar-refractivity contribution in [3.63, 3.8) is 0 Å². The van der Waals surface area contributed by atoms with Gasteiger partial charge in [0.2, 0.25) is 0 Å². The summed E-state index contributed by atoms with van der Waals surface area (Å²) in [5.41, 5.74) is 2.18. The molecule has 29 heavy (non-hydrogen) atoms. The Labute approximate surface area is 170 Å². The molecule has 2 N–H and O–H groups in total. The smallest absolute Gasteiger partial charge is 0.191 e. The fraction of sp³-hybridized carbons (Fsp3) is 0.364. The Hall–Kier alpha value is -3.22. The first-order chi connectivity index (χ1) is 14.2. The Morgan fingerprint density at radius 2 is 1.93 bits per heavy atom. The van der Waals surface area contributed by atoms with Gasteiger partial charge in [-0.1, -0.05) is 24.3 Å².